The number of nitrogens with one attached hydrogen (secondary N) is 1. The Bertz CT molecular complexity index is 1020. The molecule has 154 valence electrons. The Morgan fingerprint density at radius 2 is 1.80 bits per heavy atom. The summed E-state index contributed by atoms with van der Waals surface area (Å²) < 4.78 is 5.27. The number of carbonyl (C=O) groups excluding carboxylic acids is 1. The third-order valence-electron chi connectivity index (χ3n) is 5.02. The highest BCUT2D eigenvalue weighted by Crippen LogP contribution is 2.24. The SMILES string of the molecule is COc1cccc(-c2ccc(N3CCN(C(=O)Nc4ccccc4Cl)CC3)nn2)c1. The molecular weight excluding hydrogens is 402 g/mol. The lowest BCUT2D eigenvalue weighted by molar-refractivity contribution is 0.208. The molecule has 0 unspecified atom stereocenters. The molecular formula is C22H22ClN5O2. The molecule has 0 atom stereocenters. The first kappa shape index (κ1) is 20.0. The highest BCUT2D eigenvalue weighted by atomic mass is 35.5. The van der Waals surface area contributed by atoms with Gasteiger partial charge in [0, 0.05) is 31.7 Å². The van der Waals surface area contributed by atoms with Crippen LogP contribution in [-0.2, 0) is 0 Å². The third-order valence-corrected chi connectivity index (χ3v) is 5.35. The van der Waals surface area contributed by atoms with Crippen LogP contribution in [0, 0.1) is 0 Å². The van der Waals surface area contributed by atoms with Crippen LogP contribution in [0.4, 0.5) is 16.3 Å². The molecule has 0 saturated carbocycles. The molecule has 30 heavy (non-hydrogen) atoms. The Morgan fingerprint density at radius 1 is 1.00 bits per heavy atom. The van der Waals surface area contributed by atoms with E-state index in [4.69, 9.17) is 16.3 Å². The molecule has 3 aromatic rings. The molecule has 0 aliphatic carbocycles. The minimum Gasteiger partial charge on any atom is -0.497 e. The molecule has 1 fully saturated rings. The Labute approximate surface area is 180 Å². The summed E-state index contributed by atoms with van der Waals surface area (Å²) >= 11 is 6.12. The molecule has 1 aromatic heterocycles. The molecule has 1 aliphatic rings. The summed E-state index contributed by atoms with van der Waals surface area (Å²) in [6, 6.07) is 18.7. The van der Waals surface area contributed by atoms with Gasteiger partial charge in [-0.2, -0.15) is 0 Å². The number of aromatic nitrogens is 2. The minimum atomic E-state index is -0.151. The van der Waals surface area contributed by atoms with E-state index in [1.807, 2.05) is 48.5 Å². The summed E-state index contributed by atoms with van der Waals surface area (Å²) in [5.41, 5.74) is 2.36. The number of amides is 2. The van der Waals surface area contributed by atoms with Crippen LogP contribution in [0.15, 0.2) is 60.7 Å². The fourth-order valence-electron chi connectivity index (χ4n) is 3.33. The van der Waals surface area contributed by atoms with Gasteiger partial charge in [0.05, 0.1) is 23.5 Å². The summed E-state index contributed by atoms with van der Waals surface area (Å²) in [6.07, 6.45) is 0. The predicted molar refractivity (Wildman–Crippen MR) is 118 cm³/mol. The van der Waals surface area contributed by atoms with E-state index in [2.05, 4.69) is 20.4 Å². The molecule has 1 aliphatic heterocycles. The quantitative estimate of drug-likeness (QED) is 0.682. The van der Waals surface area contributed by atoms with Crippen molar-refractivity contribution < 1.29 is 9.53 Å². The number of piperazine rings is 1. The van der Waals surface area contributed by atoms with Crippen molar-refractivity contribution in [3.63, 3.8) is 0 Å². The molecule has 8 heteroatoms. The van der Waals surface area contributed by atoms with Crippen molar-refractivity contribution in [2.24, 2.45) is 0 Å². The van der Waals surface area contributed by atoms with Crippen molar-refractivity contribution in [2.75, 3.05) is 43.5 Å². The largest absolute Gasteiger partial charge is 0.497 e. The summed E-state index contributed by atoms with van der Waals surface area (Å²) in [4.78, 5) is 16.4. The van der Waals surface area contributed by atoms with E-state index in [0.717, 1.165) is 22.8 Å². The third kappa shape index (κ3) is 4.46. The second-order valence-electron chi connectivity index (χ2n) is 6.89. The highest BCUT2D eigenvalue weighted by molar-refractivity contribution is 6.33. The zero-order valence-corrected chi connectivity index (χ0v) is 17.3. The van der Waals surface area contributed by atoms with E-state index in [1.54, 1.807) is 24.1 Å². The van der Waals surface area contributed by atoms with Crippen LogP contribution in [-0.4, -0.2) is 54.4 Å². The number of urea groups is 1. The molecule has 0 radical (unpaired) electrons. The topological polar surface area (TPSA) is 70.6 Å². The van der Waals surface area contributed by atoms with Gasteiger partial charge in [-0.05, 0) is 36.4 Å². The zero-order chi connectivity index (χ0) is 20.9. The zero-order valence-electron chi connectivity index (χ0n) is 16.6. The molecule has 0 bridgehead atoms. The smallest absolute Gasteiger partial charge is 0.322 e. The van der Waals surface area contributed by atoms with Crippen molar-refractivity contribution in [1.82, 2.24) is 15.1 Å². The van der Waals surface area contributed by atoms with Gasteiger partial charge in [0.2, 0.25) is 0 Å². The van der Waals surface area contributed by atoms with Gasteiger partial charge in [0.25, 0.3) is 0 Å². The van der Waals surface area contributed by atoms with Gasteiger partial charge >= 0.3 is 6.03 Å². The van der Waals surface area contributed by atoms with Crippen LogP contribution < -0.4 is 15.0 Å². The molecule has 4 rings (SSSR count). The van der Waals surface area contributed by atoms with Crippen LogP contribution in [0.5, 0.6) is 5.75 Å². The Hall–Kier alpha value is -3.32. The van der Waals surface area contributed by atoms with Crippen LogP contribution >= 0.6 is 11.6 Å². The highest BCUT2D eigenvalue weighted by Gasteiger charge is 2.22. The maximum Gasteiger partial charge on any atom is 0.322 e. The van der Waals surface area contributed by atoms with E-state index in [1.165, 1.54) is 0 Å². The number of methoxy groups -OCH3 is 1. The number of hydrogen-bond acceptors (Lipinski definition) is 5. The number of rotatable bonds is 4. The fourth-order valence-corrected chi connectivity index (χ4v) is 3.51. The molecule has 1 saturated heterocycles. The number of hydrogen-bond donors (Lipinski definition) is 1. The van der Waals surface area contributed by atoms with Gasteiger partial charge in [-0.1, -0.05) is 35.9 Å². The lowest BCUT2D eigenvalue weighted by Gasteiger charge is -2.35. The van der Waals surface area contributed by atoms with Crippen LogP contribution in [0.25, 0.3) is 11.3 Å². The molecule has 7 nitrogen and oxygen atoms in total. The molecule has 2 heterocycles. The predicted octanol–water partition coefficient (Wildman–Crippen LogP) is 4.16. The van der Waals surface area contributed by atoms with E-state index in [-0.39, 0.29) is 6.03 Å². The second kappa shape index (κ2) is 9.00. The van der Waals surface area contributed by atoms with Gasteiger partial charge < -0.3 is 19.9 Å². The Morgan fingerprint density at radius 3 is 2.50 bits per heavy atom. The van der Waals surface area contributed by atoms with Crippen LogP contribution in [0.1, 0.15) is 0 Å². The summed E-state index contributed by atoms with van der Waals surface area (Å²) in [5.74, 6) is 1.58. The molecule has 1 N–H and O–H groups in total. The van der Waals surface area contributed by atoms with Gasteiger partial charge in [0.15, 0.2) is 5.82 Å². The first-order chi connectivity index (χ1) is 14.6. The van der Waals surface area contributed by atoms with Gasteiger partial charge in [0.1, 0.15) is 5.75 Å². The first-order valence-electron chi connectivity index (χ1n) is 9.67. The van der Waals surface area contributed by atoms with E-state index >= 15 is 0 Å². The van der Waals surface area contributed by atoms with Crippen molar-refractivity contribution >= 4 is 29.1 Å². The summed E-state index contributed by atoms with van der Waals surface area (Å²) in [6.45, 7) is 2.55. The van der Waals surface area contributed by atoms with Gasteiger partial charge in [-0.15, -0.1) is 10.2 Å². The normalized spacial score (nSPS) is 13.8. The van der Waals surface area contributed by atoms with E-state index in [9.17, 15) is 4.79 Å². The molecule has 0 spiro atoms. The maximum absolute atomic E-state index is 12.5. The van der Waals surface area contributed by atoms with Crippen LogP contribution in [0.2, 0.25) is 5.02 Å². The second-order valence-corrected chi connectivity index (χ2v) is 7.30. The first-order valence-corrected chi connectivity index (χ1v) is 10.1. The lowest BCUT2D eigenvalue weighted by atomic mass is 10.1. The molecule has 2 amide bonds. The van der Waals surface area contributed by atoms with Crippen molar-refractivity contribution in [3.05, 3.63) is 65.7 Å². The van der Waals surface area contributed by atoms with Crippen molar-refractivity contribution in [1.29, 1.82) is 0 Å². The number of para-hydroxylation sites is 1. The lowest BCUT2D eigenvalue weighted by Crippen LogP contribution is -2.50. The monoisotopic (exact) mass is 423 g/mol. The number of carbonyl (C=O) groups is 1. The number of nitrogens with zero attached hydrogens (tertiary/aromatic N) is 4. The average Bonchev–Trinajstić information content (AvgIpc) is 2.81. The van der Waals surface area contributed by atoms with E-state index in [0.29, 0.717) is 36.9 Å². The summed E-state index contributed by atoms with van der Waals surface area (Å²) in [5, 5.41) is 12.1. The van der Waals surface area contributed by atoms with Crippen LogP contribution in [0.3, 0.4) is 0 Å². The van der Waals surface area contributed by atoms with Gasteiger partial charge in [-0.3, -0.25) is 0 Å². The average molecular weight is 424 g/mol. The summed E-state index contributed by atoms with van der Waals surface area (Å²) in [7, 11) is 1.64. The van der Waals surface area contributed by atoms with Gasteiger partial charge in [-0.25, -0.2) is 4.79 Å². The minimum absolute atomic E-state index is 0.151. The number of anilines is 2. The number of halogens is 1. The Kier molecular flexibility index (Phi) is 5.99. The molecule has 2 aromatic carbocycles. The number of benzene rings is 2. The van der Waals surface area contributed by atoms with Crippen molar-refractivity contribution in [2.45, 2.75) is 0 Å². The Balaban J connectivity index is 1.36. The number of ether oxygens (including phenoxy) is 1. The maximum atomic E-state index is 12.5. The fraction of sp³-hybridized carbons (Fsp3) is 0.227. The van der Waals surface area contributed by atoms with Crippen molar-refractivity contribution in [3.8, 4) is 17.0 Å². The van der Waals surface area contributed by atoms with E-state index < -0.39 is 0 Å². The standard InChI is InChI=1S/C22H22ClN5O2/c1-30-17-6-4-5-16(15-17)19-9-10-21(26-25-19)27-11-13-28(14-12-27)22(29)24-20-8-3-2-7-18(20)23/h2-10,15H,11-14H2,1H3,(H,24,29).